The van der Waals surface area contributed by atoms with Crippen molar-refractivity contribution in [1.29, 1.82) is 0 Å². The number of methoxy groups -OCH3 is 1. The van der Waals surface area contributed by atoms with E-state index in [9.17, 15) is 14.0 Å². The van der Waals surface area contributed by atoms with Crippen LogP contribution in [0.2, 0.25) is 5.02 Å². The molecule has 0 atom stereocenters. The van der Waals surface area contributed by atoms with Gasteiger partial charge in [0.1, 0.15) is 12.4 Å². The minimum absolute atomic E-state index is 0.00791. The SMILES string of the molecule is COCC(=O)N1CCCN(Cc2ccccc2)CCN(C(=O)CCN(C)c2ccc(F)cc2)Cc2ccc(Cl)cc21. The molecule has 0 unspecified atom stereocenters. The van der Waals surface area contributed by atoms with Gasteiger partial charge < -0.3 is 19.4 Å². The fourth-order valence-electron chi connectivity index (χ4n) is 5.07. The lowest BCUT2D eigenvalue weighted by Gasteiger charge is -2.29. The largest absolute Gasteiger partial charge is 0.375 e. The second-order valence-corrected chi connectivity index (χ2v) is 10.8. The van der Waals surface area contributed by atoms with Crippen molar-refractivity contribution in [3.8, 4) is 0 Å². The second kappa shape index (κ2) is 15.0. The molecule has 0 N–H and O–H groups in total. The molecule has 0 saturated heterocycles. The molecule has 1 aliphatic heterocycles. The summed E-state index contributed by atoms with van der Waals surface area (Å²) in [6, 6.07) is 22.0. The van der Waals surface area contributed by atoms with E-state index in [1.807, 2.05) is 41.1 Å². The zero-order valence-corrected chi connectivity index (χ0v) is 24.5. The number of carbonyl (C=O) groups is 2. The minimum Gasteiger partial charge on any atom is -0.375 e. The van der Waals surface area contributed by atoms with Crippen LogP contribution >= 0.6 is 11.6 Å². The van der Waals surface area contributed by atoms with Crippen molar-refractivity contribution >= 4 is 34.8 Å². The van der Waals surface area contributed by atoms with Crippen molar-refractivity contribution in [3.63, 3.8) is 0 Å². The third kappa shape index (κ3) is 8.76. The van der Waals surface area contributed by atoms with Crippen LogP contribution in [0, 0.1) is 5.82 Å². The van der Waals surface area contributed by atoms with E-state index in [-0.39, 0.29) is 24.2 Å². The molecule has 1 heterocycles. The maximum Gasteiger partial charge on any atom is 0.252 e. The van der Waals surface area contributed by atoms with Crippen molar-refractivity contribution in [1.82, 2.24) is 9.80 Å². The molecular weight excluding hydrogens is 543 g/mol. The number of nitrogens with zero attached hydrogens (tertiary/aromatic N) is 4. The molecule has 0 radical (unpaired) electrons. The molecule has 3 aromatic rings. The van der Waals surface area contributed by atoms with E-state index in [0.717, 1.165) is 30.8 Å². The first-order valence-corrected chi connectivity index (χ1v) is 14.3. The van der Waals surface area contributed by atoms with Crippen molar-refractivity contribution in [2.45, 2.75) is 25.9 Å². The van der Waals surface area contributed by atoms with Gasteiger partial charge in [0.25, 0.3) is 5.91 Å². The third-order valence-electron chi connectivity index (χ3n) is 7.34. The Balaban J connectivity index is 1.58. The van der Waals surface area contributed by atoms with Crippen LogP contribution in [0.4, 0.5) is 15.8 Å². The predicted molar refractivity (Wildman–Crippen MR) is 162 cm³/mol. The Labute approximate surface area is 247 Å². The number of anilines is 2. The number of hydrogen-bond donors (Lipinski definition) is 0. The summed E-state index contributed by atoms with van der Waals surface area (Å²) in [7, 11) is 3.40. The van der Waals surface area contributed by atoms with E-state index in [2.05, 4.69) is 17.0 Å². The van der Waals surface area contributed by atoms with Crippen LogP contribution in [-0.2, 0) is 27.4 Å². The Morgan fingerprint density at radius 2 is 1.71 bits per heavy atom. The van der Waals surface area contributed by atoms with Crippen LogP contribution < -0.4 is 9.80 Å². The quantitative estimate of drug-likeness (QED) is 0.366. The third-order valence-corrected chi connectivity index (χ3v) is 7.58. The minimum atomic E-state index is -0.293. The predicted octanol–water partition coefficient (Wildman–Crippen LogP) is 5.22. The van der Waals surface area contributed by atoms with Crippen LogP contribution in [0.25, 0.3) is 0 Å². The highest BCUT2D eigenvalue weighted by Crippen LogP contribution is 2.28. The van der Waals surface area contributed by atoms with E-state index in [0.29, 0.717) is 49.9 Å². The summed E-state index contributed by atoms with van der Waals surface area (Å²) in [4.78, 5) is 34.8. The number of hydrogen-bond acceptors (Lipinski definition) is 5. The number of amides is 2. The van der Waals surface area contributed by atoms with Gasteiger partial charge in [-0.25, -0.2) is 4.39 Å². The lowest BCUT2D eigenvalue weighted by molar-refractivity contribution is -0.131. The summed E-state index contributed by atoms with van der Waals surface area (Å²) in [5.74, 6) is -0.434. The highest BCUT2D eigenvalue weighted by molar-refractivity contribution is 6.31. The molecule has 7 nitrogen and oxygen atoms in total. The van der Waals surface area contributed by atoms with Gasteiger partial charge in [-0.1, -0.05) is 48.0 Å². The summed E-state index contributed by atoms with van der Waals surface area (Å²) in [6.07, 6.45) is 1.05. The van der Waals surface area contributed by atoms with Crippen molar-refractivity contribution in [2.24, 2.45) is 0 Å². The Morgan fingerprint density at radius 3 is 2.44 bits per heavy atom. The standard InChI is InChI=1S/C32H38ClFN4O3/c1-35(29-13-11-28(34)12-14-29)18-15-31(39)37-20-19-36(22-25-7-4-3-5-8-25)16-6-17-38(32(40)24-41-2)30-21-27(33)10-9-26(30)23-37/h3-5,7-14,21H,6,15-20,22-24H2,1-2H3. The molecule has 41 heavy (non-hydrogen) atoms. The molecule has 0 saturated carbocycles. The molecule has 0 aliphatic carbocycles. The van der Waals surface area contributed by atoms with Gasteiger partial charge in [0.05, 0.1) is 5.69 Å². The molecule has 0 aromatic heterocycles. The fraction of sp³-hybridized carbons (Fsp3) is 0.375. The molecule has 0 bridgehead atoms. The van der Waals surface area contributed by atoms with Gasteiger partial charge in [-0.3, -0.25) is 14.5 Å². The van der Waals surface area contributed by atoms with Crippen molar-refractivity contribution < 1.29 is 18.7 Å². The molecule has 3 aromatic carbocycles. The van der Waals surface area contributed by atoms with E-state index in [4.69, 9.17) is 16.3 Å². The number of halogens is 2. The van der Waals surface area contributed by atoms with E-state index in [1.165, 1.54) is 24.8 Å². The monoisotopic (exact) mass is 580 g/mol. The van der Waals surface area contributed by atoms with Crippen LogP contribution in [-0.4, -0.2) is 75.1 Å². The van der Waals surface area contributed by atoms with E-state index < -0.39 is 0 Å². The Morgan fingerprint density at radius 1 is 0.951 bits per heavy atom. The van der Waals surface area contributed by atoms with Crippen LogP contribution in [0.3, 0.4) is 0 Å². The van der Waals surface area contributed by atoms with Crippen LogP contribution in [0.1, 0.15) is 24.0 Å². The first kappa shape index (κ1) is 30.5. The first-order valence-electron chi connectivity index (χ1n) is 13.9. The molecule has 4 rings (SSSR count). The molecule has 0 fully saturated rings. The number of carbonyl (C=O) groups excluding carboxylic acids is 2. The molecule has 9 heteroatoms. The zero-order chi connectivity index (χ0) is 29.2. The Kier molecular flexibility index (Phi) is 11.1. The van der Waals surface area contributed by atoms with Crippen molar-refractivity contribution in [2.75, 3.05) is 63.3 Å². The number of fused-ring (bicyclic) bond motifs is 1. The number of benzene rings is 3. The second-order valence-electron chi connectivity index (χ2n) is 10.3. The van der Waals surface area contributed by atoms with Gasteiger partial charge in [0, 0.05) is 77.1 Å². The highest BCUT2D eigenvalue weighted by atomic mass is 35.5. The normalized spacial score (nSPS) is 14.7. The number of ether oxygens (including phenoxy) is 1. The first-order chi connectivity index (χ1) is 19.8. The Hall–Kier alpha value is -3.46. The average molecular weight is 581 g/mol. The summed E-state index contributed by atoms with van der Waals surface area (Å²) >= 11 is 6.40. The summed E-state index contributed by atoms with van der Waals surface area (Å²) in [5.41, 5.74) is 3.61. The lowest BCUT2D eigenvalue weighted by Crippen LogP contribution is -2.39. The molecule has 1 aliphatic rings. The van der Waals surface area contributed by atoms with Crippen molar-refractivity contribution in [3.05, 3.63) is 94.8 Å². The van der Waals surface area contributed by atoms with Gasteiger partial charge in [0.15, 0.2) is 0 Å². The molecule has 0 spiro atoms. The smallest absolute Gasteiger partial charge is 0.252 e. The van der Waals surface area contributed by atoms with Gasteiger partial charge >= 0.3 is 0 Å². The van der Waals surface area contributed by atoms with Gasteiger partial charge in [-0.15, -0.1) is 0 Å². The maximum atomic E-state index is 13.7. The zero-order valence-electron chi connectivity index (χ0n) is 23.8. The van der Waals surface area contributed by atoms with Gasteiger partial charge in [-0.2, -0.15) is 0 Å². The average Bonchev–Trinajstić information content (AvgIpc) is 3.00. The summed E-state index contributed by atoms with van der Waals surface area (Å²) in [5, 5.41) is 0.526. The lowest BCUT2D eigenvalue weighted by atomic mass is 10.1. The topological polar surface area (TPSA) is 56.3 Å². The molecular formula is C32H38ClFN4O3. The maximum absolute atomic E-state index is 13.7. The van der Waals surface area contributed by atoms with Gasteiger partial charge in [-0.05, 0) is 53.9 Å². The highest BCUT2D eigenvalue weighted by Gasteiger charge is 2.24. The molecule has 2 amide bonds. The van der Waals surface area contributed by atoms with E-state index in [1.54, 1.807) is 29.2 Å². The van der Waals surface area contributed by atoms with Crippen LogP contribution in [0.5, 0.6) is 0 Å². The summed E-state index contributed by atoms with van der Waals surface area (Å²) < 4.78 is 18.6. The molecule has 218 valence electrons. The fourth-order valence-corrected chi connectivity index (χ4v) is 5.24. The van der Waals surface area contributed by atoms with Crippen LogP contribution in [0.15, 0.2) is 72.8 Å². The Bertz CT molecular complexity index is 1290. The summed E-state index contributed by atoms with van der Waals surface area (Å²) in [6.45, 7) is 4.05. The number of rotatable bonds is 8. The van der Waals surface area contributed by atoms with Gasteiger partial charge in [0.2, 0.25) is 5.91 Å². The van der Waals surface area contributed by atoms with E-state index >= 15 is 0 Å².